The average molecular weight is 304 g/mol. The van der Waals surface area contributed by atoms with E-state index in [-0.39, 0.29) is 24.2 Å². The van der Waals surface area contributed by atoms with Gasteiger partial charge < -0.3 is 18.9 Å². The van der Waals surface area contributed by atoms with E-state index in [9.17, 15) is 9.59 Å². The molecule has 0 aromatic carbocycles. The average Bonchev–Trinajstić information content (AvgIpc) is 3.17. The highest BCUT2D eigenvalue weighted by Gasteiger charge is 2.34. The van der Waals surface area contributed by atoms with Crippen molar-refractivity contribution in [2.75, 3.05) is 6.54 Å². The summed E-state index contributed by atoms with van der Waals surface area (Å²) in [5.41, 5.74) is 0.157. The van der Waals surface area contributed by atoms with Gasteiger partial charge in [0.15, 0.2) is 11.5 Å². The summed E-state index contributed by atoms with van der Waals surface area (Å²) >= 11 is 0. The number of amides is 1. The number of carboxylic acids is 1. The van der Waals surface area contributed by atoms with Crippen LogP contribution in [0.3, 0.4) is 0 Å². The van der Waals surface area contributed by atoms with E-state index in [2.05, 4.69) is 5.16 Å². The maximum Gasteiger partial charge on any atom is 0.308 e. The van der Waals surface area contributed by atoms with Crippen LogP contribution in [0.4, 0.5) is 0 Å². The predicted octanol–water partition coefficient (Wildman–Crippen LogP) is 2.26. The summed E-state index contributed by atoms with van der Waals surface area (Å²) in [4.78, 5) is 25.2. The summed E-state index contributed by atoms with van der Waals surface area (Å²) in [6.07, 6.45) is 2.74. The van der Waals surface area contributed by atoms with E-state index in [0.717, 1.165) is 0 Å². The Labute approximate surface area is 126 Å². The Morgan fingerprint density at radius 3 is 2.86 bits per heavy atom. The van der Waals surface area contributed by atoms with E-state index >= 15 is 0 Å². The van der Waals surface area contributed by atoms with E-state index in [1.807, 2.05) is 6.92 Å². The number of aliphatic carboxylic acids is 1. The van der Waals surface area contributed by atoms with Crippen molar-refractivity contribution in [3.05, 3.63) is 30.2 Å². The molecule has 1 amide bonds. The maximum absolute atomic E-state index is 12.5. The van der Waals surface area contributed by atoms with Crippen LogP contribution in [-0.2, 0) is 4.79 Å². The molecule has 116 valence electrons. The van der Waals surface area contributed by atoms with Gasteiger partial charge in [-0.2, -0.15) is 0 Å². The molecule has 1 aliphatic rings. The normalized spacial score (nSPS) is 21.8. The molecule has 0 bridgehead atoms. The van der Waals surface area contributed by atoms with Crippen LogP contribution in [0.5, 0.6) is 0 Å². The zero-order valence-electron chi connectivity index (χ0n) is 12.1. The number of piperidine rings is 1. The van der Waals surface area contributed by atoms with Crippen LogP contribution in [0.1, 0.15) is 30.3 Å². The highest BCUT2D eigenvalue weighted by molar-refractivity contribution is 5.93. The van der Waals surface area contributed by atoms with E-state index in [1.54, 1.807) is 17.0 Å². The summed E-state index contributed by atoms with van der Waals surface area (Å²) in [7, 11) is 0. The van der Waals surface area contributed by atoms with E-state index in [1.165, 1.54) is 12.3 Å². The van der Waals surface area contributed by atoms with Crippen molar-refractivity contribution in [3.8, 4) is 11.5 Å². The van der Waals surface area contributed by atoms with Crippen LogP contribution < -0.4 is 0 Å². The van der Waals surface area contributed by atoms with Crippen molar-refractivity contribution >= 4 is 11.9 Å². The molecule has 1 fully saturated rings. The summed E-state index contributed by atoms with van der Waals surface area (Å²) in [6.45, 7) is 2.10. The minimum atomic E-state index is -0.874. The zero-order chi connectivity index (χ0) is 15.7. The van der Waals surface area contributed by atoms with Crippen molar-refractivity contribution < 1.29 is 23.6 Å². The van der Waals surface area contributed by atoms with Gasteiger partial charge in [0.2, 0.25) is 5.76 Å². The van der Waals surface area contributed by atoms with Crippen molar-refractivity contribution in [3.63, 3.8) is 0 Å². The molecule has 2 unspecified atom stereocenters. The Balaban J connectivity index is 1.79. The molecule has 1 saturated heterocycles. The Hall–Kier alpha value is -2.57. The molecule has 3 heterocycles. The van der Waals surface area contributed by atoms with Crippen LogP contribution in [0.25, 0.3) is 11.5 Å². The van der Waals surface area contributed by atoms with Gasteiger partial charge in [0.1, 0.15) is 0 Å². The highest BCUT2D eigenvalue weighted by Crippen LogP contribution is 2.26. The Bertz CT molecular complexity index is 676. The molecule has 2 aromatic rings. The molecule has 7 nitrogen and oxygen atoms in total. The second-order valence-corrected chi connectivity index (χ2v) is 5.47. The van der Waals surface area contributed by atoms with E-state index < -0.39 is 11.9 Å². The van der Waals surface area contributed by atoms with Crippen molar-refractivity contribution in [2.45, 2.75) is 25.8 Å². The summed E-state index contributed by atoms with van der Waals surface area (Å²) in [6, 6.07) is 4.91. The number of carbonyl (C=O) groups excluding carboxylic acids is 1. The standard InChI is InChI=1S/C15H16N2O5/c1-9-4-5-10(15(19)20)8-17(9)14(18)11-7-13(22-16-11)12-3-2-6-21-12/h2-3,6-7,9-10H,4-5,8H2,1H3,(H,19,20). The second-order valence-electron chi connectivity index (χ2n) is 5.47. The monoisotopic (exact) mass is 304 g/mol. The van der Waals surface area contributed by atoms with E-state index in [0.29, 0.717) is 24.4 Å². The first-order valence-electron chi connectivity index (χ1n) is 7.10. The van der Waals surface area contributed by atoms with Gasteiger partial charge in [-0.1, -0.05) is 5.16 Å². The SMILES string of the molecule is CC1CCC(C(=O)O)CN1C(=O)c1cc(-c2ccco2)on1. The molecule has 0 saturated carbocycles. The quantitative estimate of drug-likeness (QED) is 0.934. The first-order valence-corrected chi connectivity index (χ1v) is 7.10. The lowest BCUT2D eigenvalue weighted by Crippen LogP contribution is -2.47. The van der Waals surface area contributed by atoms with Gasteiger partial charge in [0, 0.05) is 18.7 Å². The molecule has 22 heavy (non-hydrogen) atoms. The molecular formula is C15H16N2O5. The van der Waals surface area contributed by atoms with Gasteiger partial charge in [0.25, 0.3) is 5.91 Å². The number of furan rings is 1. The van der Waals surface area contributed by atoms with Gasteiger partial charge in [-0.15, -0.1) is 0 Å². The van der Waals surface area contributed by atoms with E-state index in [4.69, 9.17) is 14.0 Å². The fourth-order valence-electron chi connectivity index (χ4n) is 2.65. The maximum atomic E-state index is 12.5. The number of carbonyl (C=O) groups is 2. The van der Waals surface area contributed by atoms with Crippen LogP contribution in [-0.4, -0.2) is 39.6 Å². The molecule has 2 aromatic heterocycles. The number of hydrogen-bond donors (Lipinski definition) is 1. The lowest BCUT2D eigenvalue weighted by atomic mass is 9.93. The minimum Gasteiger partial charge on any atom is -0.481 e. The number of likely N-dealkylation sites (tertiary alicyclic amines) is 1. The molecule has 3 rings (SSSR count). The van der Waals surface area contributed by atoms with Gasteiger partial charge in [-0.25, -0.2) is 0 Å². The van der Waals surface area contributed by atoms with Crippen LogP contribution in [0, 0.1) is 5.92 Å². The number of nitrogens with zero attached hydrogens (tertiary/aromatic N) is 2. The minimum absolute atomic E-state index is 0.0214. The topological polar surface area (TPSA) is 96.8 Å². The van der Waals surface area contributed by atoms with Gasteiger partial charge >= 0.3 is 5.97 Å². The van der Waals surface area contributed by atoms with Crippen molar-refractivity contribution in [2.24, 2.45) is 5.92 Å². The van der Waals surface area contributed by atoms with Gasteiger partial charge in [-0.3, -0.25) is 9.59 Å². The molecular weight excluding hydrogens is 288 g/mol. The number of aromatic nitrogens is 1. The lowest BCUT2D eigenvalue weighted by Gasteiger charge is -2.35. The first kappa shape index (κ1) is 14.4. The smallest absolute Gasteiger partial charge is 0.308 e. The molecule has 2 atom stereocenters. The first-order chi connectivity index (χ1) is 10.6. The molecule has 1 aliphatic heterocycles. The predicted molar refractivity (Wildman–Crippen MR) is 75.1 cm³/mol. The third kappa shape index (κ3) is 2.61. The van der Waals surface area contributed by atoms with Crippen molar-refractivity contribution in [1.82, 2.24) is 10.1 Å². The Morgan fingerprint density at radius 2 is 2.18 bits per heavy atom. The van der Waals surface area contributed by atoms with Gasteiger partial charge in [-0.05, 0) is 31.9 Å². The second kappa shape index (κ2) is 5.67. The Morgan fingerprint density at radius 1 is 1.36 bits per heavy atom. The fraction of sp³-hybridized carbons (Fsp3) is 0.400. The molecule has 0 spiro atoms. The van der Waals surface area contributed by atoms with Gasteiger partial charge in [0.05, 0.1) is 12.2 Å². The molecule has 1 N–H and O–H groups in total. The van der Waals surface area contributed by atoms with Crippen LogP contribution in [0.2, 0.25) is 0 Å². The summed E-state index contributed by atoms with van der Waals surface area (Å²) < 4.78 is 10.3. The molecule has 0 aliphatic carbocycles. The fourth-order valence-corrected chi connectivity index (χ4v) is 2.65. The Kier molecular flexibility index (Phi) is 3.70. The number of rotatable bonds is 3. The zero-order valence-corrected chi connectivity index (χ0v) is 12.1. The third-order valence-corrected chi connectivity index (χ3v) is 3.99. The van der Waals surface area contributed by atoms with Crippen molar-refractivity contribution in [1.29, 1.82) is 0 Å². The summed E-state index contributed by atoms with van der Waals surface area (Å²) in [5, 5.41) is 12.9. The third-order valence-electron chi connectivity index (χ3n) is 3.99. The molecule has 7 heteroatoms. The highest BCUT2D eigenvalue weighted by atomic mass is 16.5. The number of carboxylic acid groups (broad SMARTS) is 1. The molecule has 0 radical (unpaired) electrons. The van der Waals surface area contributed by atoms with Crippen LogP contribution in [0.15, 0.2) is 33.4 Å². The lowest BCUT2D eigenvalue weighted by molar-refractivity contribution is -0.143. The number of hydrogen-bond acceptors (Lipinski definition) is 5. The van der Waals surface area contributed by atoms with Crippen LogP contribution >= 0.6 is 0 Å². The largest absolute Gasteiger partial charge is 0.481 e. The summed E-state index contributed by atoms with van der Waals surface area (Å²) in [5.74, 6) is -0.868.